The quantitative estimate of drug-likeness (QED) is 0.704. The Morgan fingerprint density at radius 1 is 1.43 bits per heavy atom. The zero-order valence-corrected chi connectivity index (χ0v) is 15.7. The van der Waals surface area contributed by atoms with Crippen LogP contribution < -0.4 is 10.2 Å². The van der Waals surface area contributed by atoms with Gasteiger partial charge in [0.15, 0.2) is 0 Å². The number of rotatable bonds is 4. The standard InChI is InChI=1S/C18H17FN6O2S/c1-24(14-6-8-25(17(14)26)13-5-3-2-4-11(13)19)18(27)22-12-10-21-23-15(12)16-20-7-9-28-16/h2-5,7,9-10,14H,6,8H2,1H3,(H,21,23)(H,22,27). The molecule has 8 nitrogen and oxygen atoms in total. The summed E-state index contributed by atoms with van der Waals surface area (Å²) in [5, 5.41) is 12.0. The van der Waals surface area contributed by atoms with E-state index in [0.717, 1.165) is 0 Å². The van der Waals surface area contributed by atoms with Crippen molar-refractivity contribution >= 4 is 34.6 Å². The molecule has 0 spiro atoms. The Hall–Kier alpha value is -3.27. The first kappa shape index (κ1) is 18.1. The maximum Gasteiger partial charge on any atom is 0.322 e. The van der Waals surface area contributed by atoms with Crippen LogP contribution in [0.4, 0.5) is 20.6 Å². The molecular formula is C18H17FN6O2S. The second kappa shape index (κ2) is 7.39. The Morgan fingerprint density at radius 3 is 3.00 bits per heavy atom. The monoisotopic (exact) mass is 400 g/mol. The van der Waals surface area contributed by atoms with Crippen molar-refractivity contribution in [3.8, 4) is 10.7 Å². The summed E-state index contributed by atoms with van der Waals surface area (Å²) >= 11 is 1.41. The molecule has 3 aromatic rings. The summed E-state index contributed by atoms with van der Waals surface area (Å²) in [6.07, 6.45) is 3.57. The van der Waals surface area contributed by atoms with E-state index in [2.05, 4.69) is 20.5 Å². The summed E-state index contributed by atoms with van der Waals surface area (Å²) in [5.41, 5.74) is 1.30. The van der Waals surface area contributed by atoms with Crippen LogP contribution in [0.2, 0.25) is 0 Å². The molecule has 2 N–H and O–H groups in total. The van der Waals surface area contributed by atoms with E-state index < -0.39 is 17.9 Å². The number of likely N-dealkylation sites (N-methyl/N-ethyl adjacent to an activating group) is 1. The van der Waals surface area contributed by atoms with E-state index >= 15 is 0 Å². The number of nitrogens with one attached hydrogen (secondary N) is 2. The van der Waals surface area contributed by atoms with Crippen LogP contribution in [-0.2, 0) is 4.79 Å². The minimum Gasteiger partial charge on any atom is -0.315 e. The molecule has 1 aliphatic rings. The molecule has 1 fully saturated rings. The molecule has 3 heterocycles. The number of thiazole rings is 1. The van der Waals surface area contributed by atoms with Crippen molar-refractivity contribution in [2.75, 3.05) is 23.8 Å². The van der Waals surface area contributed by atoms with Crippen molar-refractivity contribution in [1.82, 2.24) is 20.1 Å². The number of para-hydroxylation sites is 1. The Labute approximate surface area is 164 Å². The maximum atomic E-state index is 14.0. The molecule has 0 bridgehead atoms. The lowest BCUT2D eigenvalue weighted by Crippen LogP contribution is -2.45. The summed E-state index contributed by atoms with van der Waals surface area (Å²) in [6.45, 7) is 0.345. The summed E-state index contributed by atoms with van der Waals surface area (Å²) in [7, 11) is 1.55. The van der Waals surface area contributed by atoms with Crippen molar-refractivity contribution < 1.29 is 14.0 Å². The van der Waals surface area contributed by atoms with Gasteiger partial charge in [-0.1, -0.05) is 12.1 Å². The van der Waals surface area contributed by atoms with Crippen molar-refractivity contribution in [2.45, 2.75) is 12.5 Å². The number of amides is 3. The SMILES string of the molecule is CN(C(=O)Nc1cn[nH]c1-c1nccs1)C1CCN(c2ccccc2F)C1=O. The number of H-pyrrole nitrogens is 1. The first-order valence-corrected chi connectivity index (χ1v) is 9.47. The summed E-state index contributed by atoms with van der Waals surface area (Å²) in [6, 6.07) is 4.99. The Morgan fingerprint density at radius 2 is 2.25 bits per heavy atom. The first-order chi connectivity index (χ1) is 13.6. The molecule has 1 aromatic carbocycles. The van der Waals surface area contributed by atoms with E-state index in [-0.39, 0.29) is 11.6 Å². The number of aromatic amines is 1. The topological polar surface area (TPSA) is 94.2 Å². The number of hydrogen-bond donors (Lipinski definition) is 2. The second-order valence-electron chi connectivity index (χ2n) is 6.28. The van der Waals surface area contributed by atoms with Gasteiger partial charge in [-0.3, -0.25) is 9.89 Å². The van der Waals surface area contributed by atoms with Crippen molar-refractivity contribution in [2.24, 2.45) is 0 Å². The summed E-state index contributed by atoms with van der Waals surface area (Å²) < 4.78 is 14.0. The number of aromatic nitrogens is 3. The zero-order valence-electron chi connectivity index (χ0n) is 14.9. The van der Waals surface area contributed by atoms with Crippen LogP contribution >= 0.6 is 11.3 Å². The second-order valence-corrected chi connectivity index (χ2v) is 7.18. The van der Waals surface area contributed by atoms with Crippen LogP contribution in [-0.4, -0.2) is 51.7 Å². The third-order valence-corrected chi connectivity index (χ3v) is 5.43. The molecule has 2 aromatic heterocycles. The van der Waals surface area contributed by atoms with Crippen LogP contribution in [0.3, 0.4) is 0 Å². The average Bonchev–Trinajstić information content (AvgIpc) is 3.42. The van der Waals surface area contributed by atoms with Crippen molar-refractivity contribution in [1.29, 1.82) is 0 Å². The lowest BCUT2D eigenvalue weighted by molar-refractivity contribution is -0.120. The van der Waals surface area contributed by atoms with Crippen LogP contribution in [0.15, 0.2) is 42.0 Å². The van der Waals surface area contributed by atoms with Gasteiger partial charge in [-0.2, -0.15) is 5.10 Å². The van der Waals surface area contributed by atoms with Gasteiger partial charge >= 0.3 is 6.03 Å². The molecule has 3 amide bonds. The number of halogens is 1. The largest absolute Gasteiger partial charge is 0.322 e. The Bertz CT molecular complexity index is 1010. The number of urea groups is 1. The summed E-state index contributed by atoms with van der Waals surface area (Å²) in [5.74, 6) is -0.773. The normalized spacial score (nSPS) is 16.4. The van der Waals surface area contributed by atoms with Crippen molar-refractivity contribution in [3.63, 3.8) is 0 Å². The molecule has 0 aliphatic carbocycles. The molecule has 1 atom stereocenters. The van der Waals surface area contributed by atoms with Gasteiger partial charge in [-0.25, -0.2) is 14.2 Å². The molecule has 4 rings (SSSR count). The highest BCUT2D eigenvalue weighted by molar-refractivity contribution is 7.13. The molecule has 10 heteroatoms. The van der Waals surface area contributed by atoms with Gasteiger partial charge in [0.1, 0.15) is 22.6 Å². The van der Waals surface area contributed by atoms with Crippen LogP contribution in [0.25, 0.3) is 10.7 Å². The minimum absolute atomic E-state index is 0.227. The van der Waals surface area contributed by atoms with E-state index in [1.807, 2.05) is 5.38 Å². The van der Waals surface area contributed by atoms with Gasteiger partial charge < -0.3 is 15.1 Å². The molecule has 144 valence electrons. The lowest BCUT2D eigenvalue weighted by Gasteiger charge is -2.24. The molecule has 1 unspecified atom stereocenters. The minimum atomic E-state index is -0.671. The third-order valence-electron chi connectivity index (χ3n) is 4.64. The van der Waals surface area contributed by atoms with E-state index in [9.17, 15) is 14.0 Å². The van der Waals surface area contributed by atoms with E-state index in [0.29, 0.717) is 29.4 Å². The lowest BCUT2D eigenvalue weighted by atomic mass is 10.2. The predicted octanol–water partition coefficient (Wildman–Crippen LogP) is 2.94. The van der Waals surface area contributed by atoms with Crippen LogP contribution in [0, 0.1) is 5.82 Å². The Balaban J connectivity index is 1.47. The molecule has 28 heavy (non-hydrogen) atoms. The number of hydrogen-bond acceptors (Lipinski definition) is 5. The van der Waals surface area contributed by atoms with Gasteiger partial charge in [0.05, 0.1) is 17.6 Å². The van der Waals surface area contributed by atoms with Gasteiger partial charge in [-0.15, -0.1) is 11.3 Å². The van der Waals surface area contributed by atoms with E-state index in [1.54, 1.807) is 31.4 Å². The fraction of sp³-hybridized carbons (Fsp3) is 0.222. The van der Waals surface area contributed by atoms with E-state index in [1.165, 1.54) is 33.4 Å². The highest BCUT2D eigenvalue weighted by Crippen LogP contribution is 2.29. The van der Waals surface area contributed by atoms with E-state index in [4.69, 9.17) is 0 Å². The summed E-state index contributed by atoms with van der Waals surface area (Å²) in [4.78, 5) is 32.4. The van der Waals surface area contributed by atoms with Gasteiger partial charge in [-0.05, 0) is 18.6 Å². The van der Waals surface area contributed by atoms with Gasteiger partial charge in [0.25, 0.3) is 0 Å². The Kier molecular flexibility index (Phi) is 4.78. The number of carbonyl (C=O) groups is 2. The van der Waals surface area contributed by atoms with Crippen LogP contribution in [0.1, 0.15) is 6.42 Å². The first-order valence-electron chi connectivity index (χ1n) is 8.59. The van der Waals surface area contributed by atoms with Gasteiger partial charge in [0.2, 0.25) is 5.91 Å². The highest BCUT2D eigenvalue weighted by atomic mass is 32.1. The molecular weight excluding hydrogens is 383 g/mol. The highest BCUT2D eigenvalue weighted by Gasteiger charge is 2.38. The molecule has 1 saturated heterocycles. The zero-order chi connectivity index (χ0) is 19.7. The third kappa shape index (κ3) is 3.22. The number of anilines is 2. The van der Waals surface area contributed by atoms with Crippen molar-refractivity contribution in [3.05, 3.63) is 47.9 Å². The number of nitrogens with zero attached hydrogens (tertiary/aromatic N) is 4. The average molecular weight is 400 g/mol. The maximum absolute atomic E-state index is 14.0. The predicted molar refractivity (Wildman–Crippen MR) is 104 cm³/mol. The smallest absolute Gasteiger partial charge is 0.315 e. The number of benzene rings is 1. The fourth-order valence-corrected chi connectivity index (χ4v) is 3.82. The molecule has 1 aliphatic heterocycles. The number of carbonyl (C=O) groups excluding carboxylic acids is 2. The molecule has 0 radical (unpaired) electrons. The fourth-order valence-electron chi connectivity index (χ4n) is 3.17. The molecule has 0 saturated carbocycles. The van der Waals surface area contributed by atoms with Crippen LogP contribution in [0.5, 0.6) is 0 Å². The van der Waals surface area contributed by atoms with Gasteiger partial charge in [0, 0.05) is 25.2 Å².